The second kappa shape index (κ2) is 7.30. The van der Waals surface area contributed by atoms with Gasteiger partial charge < -0.3 is 14.8 Å². The molecule has 0 saturated carbocycles. The molecule has 0 spiro atoms. The highest BCUT2D eigenvalue weighted by Gasteiger charge is 2.08. The molecule has 0 bridgehead atoms. The van der Waals surface area contributed by atoms with Crippen LogP contribution in [0.3, 0.4) is 0 Å². The number of rotatable bonds is 7. The second-order valence-electron chi connectivity index (χ2n) is 3.78. The summed E-state index contributed by atoms with van der Waals surface area (Å²) < 4.78 is 10.6. The van der Waals surface area contributed by atoms with Gasteiger partial charge in [0, 0.05) is 19.7 Å². The van der Waals surface area contributed by atoms with Gasteiger partial charge in [0.05, 0.1) is 18.8 Å². The van der Waals surface area contributed by atoms with E-state index in [9.17, 15) is 0 Å². The Kier molecular flexibility index (Phi) is 7.23. The molecule has 0 aliphatic heterocycles. The van der Waals surface area contributed by atoms with E-state index in [1.165, 1.54) is 0 Å². The molecule has 80 valence electrons. The molecule has 3 heteroatoms. The van der Waals surface area contributed by atoms with Gasteiger partial charge in [-0.2, -0.15) is 0 Å². The van der Waals surface area contributed by atoms with Gasteiger partial charge in [-0.25, -0.2) is 0 Å². The summed E-state index contributed by atoms with van der Waals surface area (Å²) in [5.41, 5.74) is 0. The third-order valence-electron chi connectivity index (χ3n) is 1.68. The van der Waals surface area contributed by atoms with Crippen molar-refractivity contribution in [3.8, 4) is 0 Å². The Morgan fingerprint density at radius 3 is 2.15 bits per heavy atom. The van der Waals surface area contributed by atoms with Crippen molar-refractivity contribution < 1.29 is 9.47 Å². The van der Waals surface area contributed by atoms with Gasteiger partial charge in [0.15, 0.2) is 0 Å². The maximum absolute atomic E-state index is 5.65. The van der Waals surface area contributed by atoms with Crippen LogP contribution in [0.25, 0.3) is 0 Å². The summed E-state index contributed by atoms with van der Waals surface area (Å²) in [6.07, 6.45) is 0.418. The molecule has 0 amide bonds. The van der Waals surface area contributed by atoms with E-state index in [0.29, 0.717) is 12.6 Å². The van der Waals surface area contributed by atoms with Crippen molar-refractivity contribution in [1.29, 1.82) is 0 Å². The highest BCUT2D eigenvalue weighted by atomic mass is 16.5. The lowest BCUT2D eigenvalue weighted by Gasteiger charge is -2.20. The Bertz CT molecular complexity index is 117. The second-order valence-corrected chi connectivity index (χ2v) is 3.78. The summed E-state index contributed by atoms with van der Waals surface area (Å²) in [5.74, 6) is 0. The normalized spacial score (nSPS) is 16.2. The molecule has 13 heavy (non-hydrogen) atoms. The van der Waals surface area contributed by atoms with E-state index < -0.39 is 0 Å². The number of nitrogens with one attached hydrogen (secondary N) is 1. The van der Waals surface area contributed by atoms with Crippen molar-refractivity contribution in [1.82, 2.24) is 5.32 Å². The van der Waals surface area contributed by atoms with Gasteiger partial charge in [0.25, 0.3) is 0 Å². The minimum atomic E-state index is 0.175. The van der Waals surface area contributed by atoms with Crippen molar-refractivity contribution in [3.05, 3.63) is 0 Å². The molecular formula is C10H23NO2. The zero-order chi connectivity index (χ0) is 10.3. The van der Waals surface area contributed by atoms with Crippen LogP contribution in [0.1, 0.15) is 27.7 Å². The smallest absolute Gasteiger partial charge is 0.0784 e. The van der Waals surface area contributed by atoms with Crippen molar-refractivity contribution in [3.63, 3.8) is 0 Å². The summed E-state index contributed by atoms with van der Waals surface area (Å²) >= 11 is 0. The minimum Gasteiger partial charge on any atom is -0.382 e. The van der Waals surface area contributed by atoms with Crippen LogP contribution in [0.15, 0.2) is 0 Å². The first-order valence-corrected chi connectivity index (χ1v) is 4.94. The first kappa shape index (κ1) is 12.9. The van der Waals surface area contributed by atoms with E-state index in [0.717, 1.165) is 6.54 Å². The van der Waals surface area contributed by atoms with Crippen LogP contribution in [-0.4, -0.2) is 38.5 Å². The number of ether oxygens (including phenoxy) is 2. The Balaban J connectivity index is 3.43. The molecule has 2 atom stereocenters. The van der Waals surface area contributed by atoms with Crippen LogP contribution in [0, 0.1) is 0 Å². The lowest BCUT2D eigenvalue weighted by molar-refractivity contribution is -0.0305. The molecule has 0 aliphatic carbocycles. The van der Waals surface area contributed by atoms with Gasteiger partial charge in [0.2, 0.25) is 0 Å². The van der Waals surface area contributed by atoms with Crippen LogP contribution in [-0.2, 0) is 9.47 Å². The Hall–Kier alpha value is -0.120. The Labute approximate surface area is 81.8 Å². The maximum atomic E-state index is 5.65. The third-order valence-corrected chi connectivity index (χ3v) is 1.68. The monoisotopic (exact) mass is 189 g/mol. The standard InChI is InChI=1S/C10H23NO2/c1-8(2)11-6-9(3)13-10(4)7-12-5/h8-11H,6-7H2,1-5H3. The van der Waals surface area contributed by atoms with Crippen LogP contribution in [0.2, 0.25) is 0 Å². The number of hydrogen-bond acceptors (Lipinski definition) is 3. The molecule has 0 rings (SSSR count). The van der Waals surface area contributed by atoms with E-state index >= 15 is 0 Å². The van der Waals surface area contributed by atoms with Gasteiger partial charge >= 0.3 is 0 Å². The lowest BCUT2D eigenvalue weighted by atomic mass is 10.3. The maximum Gasteiger partial charge on any atom is 0.0784 e. The molecule has 0 saturated heterocycles. The van der Waals surface area contributed by atoms with Crippen LogP contribution in [0.5, 0.6) is 0 Å². The van der Waals surface area contributed by atoms with Crippen LogP contribution < -0.4 is 5.32 Å². The number of hydrogen-bond donors (Lipinski definition) is 1. The van der Waals surface area contributed by atoms with Gasteiger partial charge in [-0.05, 0) is 13.8 Å². The van der Waals surface area contributed by atoms with E-state index in [1.807, 2.05) is 6.92 Å². The molecule has 0 aromatic heterocycles. The summed E-state index contributed by atoms with van der Waals surface area (Å²) in [6.45, 7) is 9.91. The van der Waals surface area contributed by atoms with Crippen LogP contribution >= 0.6 is 0 Å². The molecule has 2 unspecified atom stereocenters. The lowest BCUT2D eigenvalue weighted by Crippen LogP contribution is -2.34. The van der Waals surface area contributed by atoms with Crippen LogP contribution in [0.4, 0.5) is 0 Å². The van der Waals surface area contributed by atoms with E-state index in [2.05, 4.69) is 26.1 Å². The molecule has 1 N–H and O–H groups in total. The van der Waals surface area contributed by atoms with Gasteiger partial charge in [-0.1, -0.05) is 13.8 Å². The average Bonchev–Trinajstić information content (AvgIpc) is 2.01. The zero-order valence-electron chi connectivity index (χ0n) is 9.46. The molecule has 3 nitrogen and oxygen atoms in total. The quantitative estimate of drug-likeness (QED) is 0.657. The molecule has 0 aromatic carbocycles. The molecule has 0 aromatic rings. The Morgan fingerprint density at radius 2 is 1.69 bits per heavy atom. The first-order chi connectivity index (χ1) is 6.06. The highest BCUT2D eigenvalue weighted by Crippen LogP contribution is 1.97. The molecule has 0 fully saturated rings. The summed E-state index contributed by atoms with van der Waals surface area (Å²) in [6, 6.07) is 0.517. The topological polar surface area (TPSA) is 30.5 Å². The first-order valence-electron chi connectivity index (χ1n) is 4.94. The SMILES string of the molecule is COCC(C)OC(C)CNC(C)C. The minimum absolute atomic E-state index is 0.175. The predicted molar refractivity (Wildman–Crippen MR) is 55.0 cm³/mol. The Morgan fingerprint density at radius 1 is 1.08 bits per heavy atom. The van der Waals surface area contributed by atoms with Crippen molar-refractivity contribution in [2.75, 3.05) is 20.3 Å². The molecule has 0 heterocycles. The van der Waals surface area contributed by atoms with Crippen molar-refractivity contribution in [2.45, 2.75) is 45.9 Å². The fraction of sp³-hybridized carbons (Fsp3) is 1.00. The fourth-order valence-electron chi connectivity index (χ4n) is 1.12. The van der Waals surface area contributed by atoms with Gasteiger partial charge in [-0.15, -0.1) is 0 Å². The van der Waals surface area contributed by atoms with Gasteiger partial charge in [0.1, 0.15) is 0 Å². The third kappa shape index (κ3) is 8.22. The fourth-order valence-corrected chi connectivity index (χ4v) is 1.12. The average molecular weight is 189 g/mol. The molecule has 0 radical (unpaired) electrons. The highest BCUT2D eigenvalue weighted by molar-refractivity contribution is 4.60. The van der Waals surface area contributed by atoms with E-state index in [4.69, 9.17) is 9.47 Å². The van der Waals surface area contributed by atoms with Crippen molar-refractivity contribution >= 4 is 0 Å². The summed E-state index contributed by atoms with van der Waals surface area (Å²) in [5, 5.41) is 3.33. The van der Waals surface area contributed by atoms with Gasteiger partial charge in [-0.3, -0.25) is 0 Å². The van der Waals surface area contributed by atoms with Crippen molar-refractivity contribution in [2.24, 2.45) is 0 Å². The zero-order valence-corrected chi connectivity index (χ0v) is 9.46. The number of methoxy groups -OCH3 is 1. The van der Waals surface area contributed by atoms with E-state index in [1.54, 1.807) is 7.11 Å². The largest absolute Gasteiger partial charge is 0.382 e. The van der Waals surface area contributed by atoms with E-state index in [-0.39, 0.29) is 12.2 Å². The summed E-state index contributed by atoms with van der Waals surface area (Å²) in [7, 11) is 1.69. The molecule has 0 aliphatic rings. The predicted octanol–water partition coefficient (Wildman–Crippen LogP) is 1.42. The molecular weight excluding hydrogens is 166 g/mol. The summed E-state index contributed by atoms with van der Waals surface area (Å²) in [4.78, 5) is 0.